The summed E-state index contributed by atoms with van der Waals surface area (Å²) in [5.74, 6) is -5.13. The van der Waals surface area contributed by atoms with Crippen LogP contribution in [0.15, 0.2) is 30.3 Å². The van der Waals surface area contributed by atoms with E-state index < -0.39 is 30.8 Å². The molecule has 1 atom stereocenters. The molecular formula is C12H15ClF4N2O. The van der Waals surface area contributed by atoms with E-state index in [1.165, 1.54) is 0 Å². The van der Waals surface area contributed by atoms with Crippen LogP contribution in [0.4, 0.5) is 17.6 Å². The summed E-state index contributed by atoms with van der Waals surface area (Å²) in [6.45, 7) is -1.42. The van der Waals surface area contributed by atoms with E-state index in [0.717, 1.165) is 5.56 Å². The van der Waals surface area contributed by atoms with Crippen molar-refractivity contribution in [2.24, 2.45) is 5.73 Å². The predicted molar refractivity (Wildman–Crippen MR) is 69.3 cm³/mol. The van der Waals surface area contributed by atoms with Crippen molar-refractivity contribution in [3.63, 3.8) is 0 Å². The van der Waals surface area contributed by atoms with Crippen molar-refractivity contribution >= 4 is 18.3 Å². The summed E-state index contributed by atoms with van der Waals surface area (Å²) in [5, 5.41) is 1.73. The lowest BCUT2D eigenvalue weighted by atomic mass is 10.1. The Bertz CT molecular complexity index is 417. The summed E-state index contributed by atoms with van der Waals surface area (Å²) in [4.78, 5) is 11.4. The van der Waals surface area contributed by atoms with Crippen LogP contribution in [-0.4, -0.2) is 30.8 Å². The number of rotatable bonds is 6. The van der Waals surface area contributed by atoms with Crippen LogP contribution in [0, 0.1) is 0 Å². The van der Waals surface area contributed by atoms with Crippen LogP contribution in [-0.2, 0) is 11.2 Å². The van der Waals surface area contributed by atoms with Gasteiger partial charge in [-0.2, -0.15) is 8.78 Å². The van der Waals surface area contributed by atoms with Crippen molar-refractivity contribution in [1.82, 2.24) is 5.32 Å². The van der Waals surface area contributed by atoms with Gasteiger partial charge in [-0.1, -0.05) is 30.3 Å². The molecule has 0 aliphatic rings. The molecule has 3 N–H and O–H groups in total. The minimum Gasteiger partial charge on any atom is -0.348 e. The highest BCUT2D eigenvalue weighted by atomic mass is 35.5. The summed E-state index contributed by atoms with van der Waals surface area (Å²) in [7, 11) is 0. The zero-order valence-electron chi connectivity index (χ0n) is 10.4. The second kappa shape index (κ2) is 8.06. The molecule has 1 aromatic carbocycles. The molecule has 0 saturated carbocycles. The molecule has 1 unspecified atom stereocenters. The summed E-state index contributed by atoms with van der Waals surface area (Å²) in [6, 6.07) is 7.64. The van der Waals surface area contributed by atoms with Gasteiger partial charge in [-0.3, -0.25) is 4.79 Å². The standard InChI is InChI=1S/C12H14F4N2O.ClH/c13-11(14)12(15,16)7-18-10(19)9(17)6-8-4-2-1-3-5-8;/h1-5,9,11H,6-7,17H2,(H,18,19);1H. The third kappa shape index (κ3) is 5.75. The minimum absolute atomic E-state index is 0. The van der Waals surface area contributed by atoms with E-state index in [1.54, 1.807) is 35.6 Å². The summed E-state index contributed by atoms with van der Waals surface area (Å²) in [5.41, 5.74) is 6.27. The first-order valence-electron chi connectivity index (χ1n) is 5.56. The van der Waals surface area contributed by atoms with Crippen LogP contribution in [0.3, 0.4) is 0 Å². The van der Waals surface area contributed by atoms with Crippen LogP contribution in [0.2, 0.25) is 0 Å². The number of nitrogens with one attached hydrogen (secondary N) is 1. The zero-order valence-corrected chi connectivity index (χ0v) is 11.2. The Labute approximate surface area is 119 Å². The number of nitrogens with two attached hydrogens (primary N) is 1. The first-order valence-corrected chi connectivity index (χ1v) is 5.56. The van der Waals surface area contributed by atoms with Crippen molar-refractivity contribution in [2.45, 2.75) is 24.8 Å². The van der Waals surface area contributed by atoms with E-state index in [9.17, 15) is 22.4 Å². The Balaban J connectivity index is 0.00000361. The molecule has 1 amide bonds. The average Bonchev–Trinajstić information content (AvgIpc) is 2.37. The van der Waals surface area contributed by atoms with Gasteiger partial charge in [0.1, 0.15) is 0 Å². The van der Waals surface area contributed by atoms with Gasteiger partial charge in [-0.25, -0.2) is 8.78 Å². The number of halogens is 5. The summed E-state index contributed by atoms with van der Waals surface area (Å²) < 4.78 is 48.9. The average molecular weight is 315 g/mol. The molecule has 0 radical (unpaired) electrons. The summed E-state index contributed by atoms with van der Waals surface area (Å²) >= 11 is 0. The Kier molecular flexibility index (Phi) is 7.52. The molecule has 0 aliphatic heterocycles. The van der Waals surface area contributed by atoms with Gasteiger partial charge in [0.25, 0.3) is 0 Å². The fourth-order valence-electron chi connectivity index (χ4n) is 1.37. The number of alkyl halides is 4. The van der Waals surface area contributed by atoms with Crippen molar-refractivity contribution < 1.29 is 22.4 Å². The normalized spacial score (nSPS) is 12.7. The van der Waals surface area contributed by atoms with E-state index in [1.807, 2.05) is 0 Å². The fourth-order valence-corrected chi connectivity index (χ4v) is 1.37. The van der Waals surface area contributed by atoms with E-state index in [4.69, 9.17) is 5.73 Å². The van der Waals surface area contributed by atoms with E-state index >= 15 is 0 Å². The maximum Gasteiger partial charge on any atom is 0.324 e. The van der Waals surface area contributed by atoms with Crippen molar-refractivity contribution in [2.75, 3.05) is 6.54 Å². The molecule has 0 spiro atoms. The molecule has 1 rings (SSSR count). The lowest BCUT2D eigenvalue weighted by Crippen LogP contribution is -2.48. The molecule has 0 saturated heterocycles. The second-order valence-electron chi connectivity index (χ2n) is 4.08. The van der Waals surface area contributed by atoms with E-state index in [0.29, 0.717) is 0 Å². The number of carbonyl (C=O) groups is 1. The van der Waals surface area contributed by atoms with Gasteiger partial charge in [0.15, 0.2) is 0 Å². The van der Waals surface area contributed by atoms with Crippen LogP contribution < -0.4 is 11.1 Å². The largest absolute Gasteiger partial charge is 0.348 e. The molecule has 3 nitrogen and oxygen atoms in total. The number of amides is 1. The lowest BCUT2D eigenvalue weighted by molar-refractivity contribution is -0.137. The number of hydrogen-bond acceptors (Lipinski definition) is 2. The summed E-state index contributed by atoms with van der Waals surface area (Å²) in [6.07, 6.45) is -3.68. The third-order valence-corrected chi connectivity index (χ3v) is 2.45. The monoisotopic (exact) mass is 314 g/mol. The van der Waals surface area contributed by atoms with Crippen molar-refractivity contribution in [3.05, 3.63) is 35.9 Å². The lowest BCUT2D eigenvalue weighted by Gasteiger charge is -2.18. The van der Waals surface area contributed by atoms with Crippen LogP contribution in [0.1, 0.15) is 5.56 Å². The Morgan fingerprint density at radius 1 is 1.25 bits per heavy atom. The highest BCUT2D eigenvalue weighted by Crippen LogP contribution is 2.21. The maximum atomic E-state index is 12.6. The van der Waals surface area contributed by atoms with Gasteiger partial charge in [0.05, 0.1) is 12.6 Å². The number of carbonyl (C=O) groups excluding carboxylic acids is 1. The van der Waals surface area contributed by atoms with E-state index in [-0.39, 0.29) is 18.8 Å². The topological polar surface area (TPSA) is 55.1 Å². The van der Waals surface area contributed by atoms with Crippen LogP contribution in [0.25, 0.3) is 0 Å². The molecule has 0 bridgehead atoms. The number of benzene rings is 1. The van der Waals surface area contributed by atoms with Crippen LogP contribution >= 0.6 is 12.4 Å². The Morgan fingerprint density at radius 3 is 2.30 bits per heavy atom. The van der Waals surface area contributed by atoms with Gasteiger partial charge < -0.3 is 11.1 Å². The maximum absolute atomic E-state index is 12.6. The van der Waals surface area contributed by atoms with Gasteiger partial charge >= 0.3 is 12.3 Å². The van der Waals surface area contributed by atoms with Gasteiger partial charge in [0.2, 0.25) is 5.91 Å². The molecule has 0 heterocycles. The Hall–Kier alpha value is -1.34. The fraction of sp³-hybridized carbons (Fsp3) is 0.417. The molecule has 1 aromatic rings. The molecule has 8 heteroatoms. The smallest absolute Gasteiger partial charge is 0.324 e. The molecule has 0 fully saturated rings. The first-order chi connectivity index (χ1) is 8.83. The highest BCUT2D eigenvalue weighted by Gasteiger charge is 2.41. The third-order valence-electron chi connectivity index (χ3n) is 2.45. The van der Waals surface area contributed by atoms with Gasteiger partial charge in [-0.15, -0.1) is 12.4 Å². The molecule has 20 heavy (non-hydrogen) atoms. The predicted octanol–water partition coefficient (Wildman–Crippen LogP) is 1.99. The van der Waals surface area contributed by atoms with E-state index in [2.05, 4.69) is 0 Å². The second-order valence-corrected chi connectivity index (χ2v) is 4.08. The van der Waals surface area contributed by atoms with Gasteiger partial charge in [-0.05, 0) is 12.0 Å². The van der Waals surface area contributed by atoms with Gasteiger partial charge in [0, 0.05) is 0 Å². The molecule has 0 aliphatic carbocycles. The zero-order chi connectivity index (χ0) is 14.5. The highest BCUT2D eigenvalue weighted by molar-refractivity contribution is 5.85. The van der Waals surface area contributed by atoms with Crippen molar-refractivity contribution in [1.29, 1.82) is 0 Å². The van der Waals surface area contributed by atoms with Crippen molar-refractivity contribution in [3.8, 4) is 0 Å². The first kappa shape index (κ1) is 18.7. The Morgan fingerprint density at radius 2 is 1.80 bits per heavy atom. The SMILES string of the molecule is Cl.NC(Cc1ccccc1)C(=O)NCC(F)(F)C(F)F. The van der Waals surface area contributed by atoms with Crippen LogP contribution in [0.5, 0.6) is 0 Å². The quantitative estimate of drug-likeness (QED) is 0.789. The molecule has 0 aromatic heterocycles. The molecule has 114 valence electrons. The molecular weight excluding hydrogens is 300 g/mol. The minimum atomic E-state index is -4.25. The number of hydrogen-bond donors (Lipinski definition) is 2.